The Hall–Kier alpha value is -1.55. The van der Waals surface area contributed by atoms with Gasteiger partial charge in [0.05, 0.1) is 7.11 Å². The second-order valence-electron chi connectivity index (χ2n) is 5.54. The fourth-order valence-corrected chi connectivity index (χ4v) is 2.54. The summed E-state index contributed by atoms with van der Waals surface area (Å²) in [4.78, 5) is 14.2. The molecule has 1 aromatic carbocycles. The van der Waals surface area contributed by atoms with Crippen molar-refractivity contribution in [2.75, 3.05) is 32.1 Å². The molecule has 1 atom stereocenters. The van der Waals surface area contributed by atoms with E-state index in [-0.39, 0.29) is 5.97 Å². The van der Waals surface area contributed by atoms with E-state index in [1.54, 1.807) is 7.05 Å². The number of carbonyl (C=O) groups excluding carboxylic acids is 1. The molecule has 0 aliphatic carbocycles. The minimum atomic E-state index is -0.611. The number of para-hydroxylation sites is 1. The minimum Gasteiger partial charge on any atom is -0.468 e. The third kappa shape index (κ3) is 4.46. The van der Waals surface area contributed by atoms with Gasteiger partial charge in [0.2, 0.25) is 0 Å². The summed E-state index contributed by atoms with van der Waals surface area (Å²) >= 11 is 0. The van der Waals surface area contributed by atoms with Gasteiger partial charge in [-0.05, 0) is 52.3 Å². The van der Waals surface area contributed by atoms with Crippen molar-refractivity contribution in [3.05, 3.63) is 29.8 Å². The Labute approximate surface area is 128 Å². The number of nitrogens with zero attached hydrogens (tertiary/aromatic N) is 1. The molecule has 0 spiro atoms. The molecule has 0 fully saturated rings. The Bertz CT molecular complexity index is 462. The van der Waals surface area contributed by atoms with Crippen LogP contribution in [0.15, 0.2) is 24.3 Å². The number of nitrogens with one attached hydrogen (secondary N) is 1. The van der Waals surface area contributed by atoms with Gasteiger partial charge in [0.1, 0.15) is 5.54 Å². The number of esters is 1. The van der Waals surface area contributed by atoms with Crippen LogP contribution in [0.1, 0.15) is 32.3 Å². The zero-order chi connectivity index (χ0) is 15.9. The van der Waals surface area contributed by atoms with E-state index in [1.165, 1.54) is 18.4 Å². The van der Waals surface area contributed by atoms with Crippen molar-refractivity contribution in [2.24, 2.45) is 0 Å². The number of hydrogen-bond donors (Lipinski definition) is 1. The molecule has 1 aromatic rings. The quantitative estimate of drug-likeness (QED) is 0.748. The lowest BCUT2D eigenvalue weighted by Gasteiger charge is -2.29. The molecule has 0 saturated carbocycles. The van der Waals surface area contributed by atoms with Crippen molar-refractivity contribution in [3.63, 3.8) is 0 Å². The molecule has 0 radical (unpaired) electrons. The lowest BCUT2D eigenvalue weighted by Crippen LogP contribution is -2.48. The molecular formula is C17H28N2O2. The molecule has 4 nitrogen and oxygen atoms in total. The molecule has 4 heteroatoms. The summed E-state index contributed by atoms with van der Waals surface area (Å²) in [6.45, 7) is 8.06. The van der Waals surface area contributed by atoms with Gasteiger partial charge < -0.3 is 15.0 Å². The van der Waals surface area contributed by atoms with E-state index in [0.29, 0.717) is 0 Å². The summed E-state index contributed by atoms with van der Waals surface area (Å²) in [6, 6.07) is 8.40. The number of ether oxygens (including phenoxy) is 1. The highest BCUT2D eigenvalue weighted by molar-refractivity contribution is 5.80. The Kier molecular flexibility index (Phi) is 6.69. The smallest absolute Gasteiger partial charge is 0.325 e. The van der Waals surface area contributed by atoms with Gasteiger partial charge in [-0.25, -0.2) is 0 Å². The second-order valence-corrected chi connectivity index (χ2v) is 5.54. The van der Waals surface area contributed by atoms with Crippen LogP contribution in [0.3, 0.4) is 0 Å². The van der Waals surface area contributed by atoms with Gasteiger partial charge in [-0.3, -0.25) is 4.79 Å². The summed E-state index contributed by atoms with van der Waals surface area (Å²) in [5.41, 5.74) is 1.94. The molecule has 1 N–H and O–H groups in total. The van der Waals surface area contributed by atoms with Crippen LogP contribution in [0.4, 0.5) is 5.69 Å². The summed E-state index contributed by atoms with van der Waals surface area (Å²) < 4.78 is 4.88. The van der Waals surface area contributed by atoms with Crippen LogP contribution in [0, 0.1) is 6.92 Å². The van der Waals surface area contributed by atoms with Gasteiger partial charge in [-0.1, -0.05) is 18.2 Å². The molecule has 1 unspecified atom stereocenters. The molecular weight excluding hydrogens is 264 g/mol. The van der Waals surface area contributed by atoms with Gasteiger partial charge >= 0.3 is 5.97 Å². The Morgan fingerprint density at radius 1 is 1.38 bits per heavy atom. The Morgan fingerprint density at radius 2 is 2.05 bits per heavy atom. The standard InChI is InChI=1S/C17H28N2O2/c1-6-19(15-11-8-7-10-14(15)2)13-9-12-17(3,18-4)16(20)21-5/h7-8,10-11,18H,6,9,12-13H2,1-5H3. The SMILES string of the molecule is CCN(CCCC(C)(NC)C(=O)OC)c1ccccc1C. The van der Waals surface area contributed by atoms with Crippen molar-refractivity contribution in [3.8, 4) is 0 Å². The number of rotatable bonds is 8. The highest BCUT2D eigenvalue weighted by Crippen LogP contribution is 2.21. The number of methoxy groups -OCH3 is 1. The average molecular weight is 292 g/mol. The number of carbonyl (C=O) groups is 1. The molecule has 0 aliphatic heterocycles. The van der Waals surface area contributed by atoms with Crippen LogP contribution in [0.25, 0.3) is 0 Å². The third-order valence-electron chi connectivity index (χ3n) is 4.13. The lowest BCUT2D eigenvalue weighted by atomic mass is 9.96. The van der Waals surface area contributed by atoms with Gasteiger partial charge in [0.25, 0.3) is 0 Å². The van der Waals surface area contributed by atoms with Crippen LogP contribution < -0.4 is 10.2 Å². The van der Waals surface area contributed by atoms with E-state index in [0.717, 1.165) is 25.9 Å². The third-order valence-corrected chi connectivity index (χ3v) is 4.13. The van der Waals surface area contributed by atoms with Gasteiger partial charge in [-0.15, -0.1) is 0 Å². The molecule has 0 saturated heterocycles. The molecule has 1 rings (SSSR count). The first-order chi connectivity index (χ1) is 9.98. The molecule has 0 amide bonds. The normalized spacial score (nSPS) is 13.6. The van der Waals surface area contributed by atoms with E-state index >= 15 is 0 Å². The second kappa shape index (κ2) is 8.03. The molecule has 0 aromatic heterocycles. The zero-order valence-corrected chi connectivity index (χ0v) is 13.9. The maximum Gasteiger partial charge on any atom is 0.325 e. The predicted molar refractivity (Wildman–Crippen MR) is 87.8 cm³/mol. The fourth-order valence-electron chi connectivity index (χ4n) is 2.54. The topological polar surface area (TPSA) is 41.6 Å². The largest absolute Gasteiger partial charge is 0.468 e. The lowest BCUT2D eigenvalue weighted by molar-refractivity contribution is -0.148. The Balaban J connectivity index is 2.64. The van der Waals surface area contributed by atoms with Crippen molar-refractivity contribution < 1.29 is 9.53 Å². The molecule has 0 aliphatic rings. The van der Waals surface area contributed by atoms with Crippen LogP contribution >= 0.6 is 0 Å². The van der Waals surface area contributed by atoms with Crippen LogP contribution in [0.2, 0.25) is 0 Å². The van der Waals surface area contributed by atoms with E-state index in [9.17, 15) is 4.79 Å². The zero-order valence-electron chi connectivity index (χ0n) is 13.9. The summed E-state index contributed by atoms with van der Waals surface area (Å²) in [6.07, 6.45) is 1.67. The first kappa shape index (κ1) is 17.5. The van der Waals surface area contributed by atoms with E-state index in [2.05, 4.69) is 48.3 Å². The monoisotopic (exact) mass is 292 g/mol. The number of hydrogen-bond acceptors (Lipinski definition) is 4. The molecule has 0 heterocycles. The molecule has 0 bridgehead atoms. The Morgan fingerprint density at radius 3 is 2.57 bits per heavy atom. The number of aryl methyl sites for hydroxylation is 1. The van der Waals surface area contributed by atoms with Gasteiger partial charge in [-0.2, -0.15) is 0 Å². The van der Waals surface area contributed by atoms with Crippen molar-refractivity contribution >= 4 is 11.7 Å². The minimum absolute atomic E-state index is 0.205. The van der Waals surface area contributed by atoms with E-state index in [4.69, 9.17) is 4.74 Å². The summed E-state index contributed by atoms with van der Waals surface area (Å²) in [5, 5.41) is 3.08. The molecule has 118 valence electrons. The highest BCUT2D eigenvalue weighted by atomic mass is 16.5. The maximum absolute atomic E-state index is 11.8. The van der Waals surface area contributed by atoms with E-state index < -0.39 is 5.54 Å². The molecule has 21 heavy (non-hydrogen) atoms. The average Bonchev–Trinajstić information content (AvgIpc) is 2.51. The van der Waals surface area contributed by atoms with Crippen molar-refractivity contribution in [1.82, 2.24) is 5.32 Å². The van der Waals surface area contributed by atoms with Gasteiger partial charge in [0, 0.05) is 18.8 Å². The van der Waals surface area contributed by atoms with Crippen molar-refractivity contribution in [2.45, 2.75) is 39.2 Å². The van der Waals surface area contributed by atoms with Crippen LogP contribution in [-0.2, 0) is 9.53 Å². The number of likely N-dealkylation sites (N-methyl/N-ethyl adjacent to an activating group) is 1. The van der Waals surface area contributed by atoms with E-state index in [1.807, 2.05) is 6.92 Å². The van der Waals surface area contributed by atoms with Crippen molar-refractivity contribution in [1.29, 1.82) is 0 Å². The fraction of sp³-hybridized carbons (Fsp3) is 0.588. The summed E-state index contributed by atoms with van der Waals surface area (Å²) in [5.74, 6) is -0.205. The van der Waals surface area contributed by atoms with Gasteiger partial charge in [0.15, 0.2) is 0 Å². The maximum atomic E-state index is 11.8. The predicted octanol–water partition coefficient (Wildman–Crippen LogP) is 2.75. The van der Waals surface area contributed by atoms with Crippen LogP contribution in [-0.4, -0.2) is 38.8 Å². The first-order valence-corrected chi connectivity index (χ1v) is 7.56. The highest BCUT2D eigenvalue weighted by Gasteiger charge is 2.31. The first-order valence-electron chi connectivity index (χ1n) is 7.56. The number of benzene rings is 1. The number of anilines is 1. The van der Waals surface area contributed by atoms with Crippen LogP contribution in [0.5, 0.6) is 0 Å². The summed E-state index contributed by atoms with van der Waals surface area (Å²) in [7, 11) is 3.24.